The van der Waals surface area contributed by atoms with E-state index >= 15 is 0 Å². The van der Waals surface area contributed by atoms with E-state index in [1.165, 1.54) is 10.8 Å². The van der Waals surface area contributed by atoms with Gasteiger partial charge in [0.15, 0.2) is 0 Å². The third-order valence-electron chi connectivity index (χ3n) is 4.09. The molecule has 2 rings (SSSR count). The van der Waals surface area contributed by atoms with E-state index in [2.05, 4.69) is 9.97 Å². The van der Waals surface area contributed by atoms with Crippen molar-refractivity contribution in [3.63, 3.8) is 0 Å². The van der Waals surface area contributed by atoms with Gasteiger partial charge in [0.1, 0.15) is 23.3 Å². The molecule has 0 spiro atoms. The number of nitriles is 2. The minimum Gasteiger partial charge on any atom is -0.310 e. The largest absolute Gasteiger partial charge is 0.328 e. The van der Waals surface area contributed by atoms with Crippen LogP contribution in [0, 0.1) is 22.7 Å². The number of hydrogen-bond acceptors (Lipinski definition) is 6. The summed E-state index contributed by atoms with van der Waals surface area (Å²) in [5.41, 5.74) is -2.36. The molecule has 0 saturated heterocycles. The molecule has 0 aliphatic carbocycles. The maximum Gasteiger partial charge on any atom is 0.328 e. The fourth-order valence-corrected chi connectivity index (χ4v) is 2.71. The van der Waals surface area contributed by atoms with Crippen molar-refractivity contribution < 1.29 is 0 Å². The standard InChI is InChI=1S/C17H18N6O4/c18-8-11-10-23(17(27)22-14(11)24)7-5-3-1-2-4-6-13-12(9-19)15(25)21-16(26)20-13/h10H,1-7H2,(H,22,24,27)(H2,20,21,25,26). The van der Waals surface area contributed by atoms with Crippen molar-refractivity contribution >= 4 is 0 Å². The van der Waals surface area contributed by atoms with E-state index in [4.69, 9.17) is 10.5 Å². The Morgan fingerprint density at radius 3 is 2.26 bits per heavy atom. The van der Waals surface area contributed by atoms with Gasteiger partial charge in [-0.05, 0) is 19.3 Å². The summed E-state index contributed by atoms with van der Waals surface area (Å²) < 4.78 is 1.31. The third kappa shape index (κ3) is 5.16. The van der Waals surface area contributed by atoms with Crippen LogP contribution in [-0.4, -0.2) is 19.5 Å². The van der Waals surface area contributed by atoms with Crippen molar-refractivity contribution in [2.75, 3.05) is 0 Å². The van der Waals surface area contributed by atoms with Crippen LogP contribution >= 0.6 is 0 Å². The number of aryl methyl sites for hydroxylation is 2. The van der Waals surface area contributed by atoms with Crippen LogP contribution in [0.5, 0.6) is 0 Å². The van der Waals surface area contributed by atoms with Crippen molar-refractivity contribution in [3.8, 4) is 12.1 Å². The van der Waals surface area contributed by atoms with E-state index in [1.54, 1.807) is 12.1 Å². The van der Waals surface area contributed by atoms with Crippen LogP contribution in [0.25, 0.3) is 0 Å². The molecule has 2 heterocycles. The van der Waals surface area contributed by atoms with E-state index in [-0.39, 0.29) is 11.1 Å². The second-order valence-electron chi connectivity index (χ2n) is 6.00. The van der Waals surface area contributed by atoms with Crippen LogP contribution in [0.2, 0.25) is 0 Å². The van der Waals surface area contributed by atoms with Crippen LogP contribution in [-0.2, 0) is 13.0 Å². The number of H-pyrrole nitrogens is 3. The van der Waals surface area contributed by atoms with Crippen LogP contribution in [0.3, 0.4) is 0 Å². The normalized spacial score (nSPS) is 10.3. The molecule has 0 amide bonds. The predicted octanol–water partition coefficient (Wildman–Crippen LogP) is -0.150. The SMILES string of the molecule is N#Cc1cn(CCCCCCCc2[nH]c(=O)[nH]c(=O)c2C#N)c(=O)[nH]c1=O. The molecule has 27 heavy (non-hydrogen) atoms. The Hall–Kier alpha value is -3.66. The Morgan fingerprint density at radius 2 is 1.56 bits per heavy atom. The van der Waals surface area contributed by atoms with Crippen molar-refractivity contribution in [1.82, 2.24) is 19.5 Å². The van der Waals surface area contributed by atoms with Crippen molar-refractivity contribution in [2.45, 2.75) is 45.1 Å². The summed E-state index contributed by atoms with van der Waals surface area (Å²) in [5, 5.41) is 17.8. The summed E-state index contributed by atoms with van der Waals surface area (Å²) in [7, 11) is 0. The second kappa shape index (κ2) is 9.15. The zero-order valence-electron chi connectivity index (χ0n) is 14.5. The molecule has 0 radical (unpaired) electrons. The summed E-state index contributed by atoms with van der Waals surface area (Å²) in [4.78, 5) is 52.4. The molecule has 0 unspecified atom stereocenters. The first-order valence-corrected chi connectivity index (χ1v) is 8.45. The van der Waals surface area contributed by atoms with Gasteiger partial charge in [0, 0.05) is 18.4 Å². The van der Waals surface area contributed by atoms with Gasteiger partial charge in [-0.3, -0.25) is 24.1 Å². The monoisotopic (exact) mass is 370 g/mol. The van der Waals surface area contributed by atoms with Gasteiger partial charge in [0.25, 0.3) is 11.1 Å². The highest BCUT2D eigenvalue weighted by molar-refractivity contribution is 5.30. The van der Waals surface area contributed by atoms with E-state index in [9.17, 15) is 19.2 Å². The second-order valence-corrected chi connectivity index (χ2v) is 6.00. The zero-order valence-corrected chi connectivity index (χ0v) is 14.5. The number of hydrogen-bond donors (Lipinski definition) is 3. The van der Waals surface area contributed by atoms with E-state index in [0.717, 1.165) is 19.3 Å². The highest BCUT2D eigenvalue weighted by Gasteiger charge is 2.08. The molecule has 0 aliphatic rings. The minimum atomic E-state index is -0.687. The quantitative estimate of drug-likeness (QED) is 0.546. The van der Waals surface area contributed by atoms with E-state index in [0.29, 0.717) is 31.5 Å². The molecule has 0 atom stereocenters. The molecule has 2 aromatic rings. The van der Waals surface area contributed by atoms with Gasteiger partial charge >= 0.3 is 11.4 Å². The molecular formula is C17H18N6O4. The Labute approximate surface area is 152 Å². The first kappa shape index (κ1) is 19.7. The molecule has 2 aromatic heterocycles. The topological polar surface area (TPSA) is 168 Å². The van der Waals surface area contributed by atoms with E-state index < -0.39 is 22.5 Å². The minimum absolute atomic E-state index is 0.0691. The molecule has 0 saturated carbocycles. The first-order valence-electron chi connectivity index (χ1n) is 8.45. The van der Waals surface area contributed by atoms with Crippen LogP contribution in [0.4, 0.5) is 0 Å². The maximum absolute atomic E-state index is 11.7. The summed E-state index contributed by atoms with van der Waals surface area (Å²) in [6.45, 7) is 0.393. The van der Waals surface area contributed by atoms with Crippen LogP contribution in [0.15, 0.2) is 25.4 Å². The van der Waals surface area contributed by atoms with Gasteiger partial charge in [-0.1, -0.05) is 19.3 Å². The van der Waals surface area contributed by atoms with Crippen molar-refractivity contribution in [1.29, 1.82) is 10.5 Å². The molecule has 140 valence electrons. The molecular weight excluding hydrogens is 352 g/mol. The number of nitrogens with one attached hydrogen (secondary N) is 3. The number of unbranched alkanes of at least 4 members (excludes halogenated alkanes) is 4. The molecule has 10 nitrogen and oxygen atoms in total. The Balaban J connectivity index is 1.78. The summed E-state index contributed by atoms with van der Waals surface area (Å²) in [6.07, 6.45) is 5.58. The average Bonchev–Trinajstić information content (AvgIpc) is 2.62. The lowest BCUT2D eigenvalue weighted by Crippen LogP contribution is -2.31. The van der Waals surface area contributed by atoms with Gasteiger partial charge < -0.3 is 4.98 Å². The lowest BCUT2D eigenvalue weighted by molar-refractivity contribution is 0.542. The zero-order chi connectivity index (χ0) is 19.8. The van der Waals surface area contributed by atoms with Gasteiger partial charge in [0.2, 0.25) is 0 Å². The Bertz CT molecular complexity index is 1120. The summed E-state index contributed by atoms with van der Waals surface area (Å²) in [5.74, 6) is 0. The molecule has 0 aliphatic heterocycles. The van der Waals surface area contributed by atoms with Gasteiger partial charge in [-0.2, -0.15) is 10.5 Å². The highest BCUT2D eigenvalue weighted by atomic mass is 16.2. The molecule has 0 aromatic carbocycles. The van der Waals surface area contributed by atoms with Crippen LogP contribution < -0.4 is 22.5 Å². The number of rotatable bonds is 8. The Morgan fingerprint density at radius 1 is 0.852 bits per heavy atom. The fraction of sp³-hybridized carbons (Fsp3) is 0.412. The molecule has 3 N–H and O–H groups in total. The number of aromatic nitrogens is 4. The number of nitrogens with zero attached hydrogens (tertiary/aromatic N) is 3. The lowest BCUT2D eigenvalue weighted by atomic mass is 10.1. The first-order chi connectivity index (χ1) is 13.0. The summed E-state index contributed by atoms with van der Waals surface area (Å²) in [6, 6.07) is 3.53. The third-order valence-corrected chi connectivity index (χ3v) is 4.09. The predicted molar refractivity (Wildman–Crippen MR) is 95.2 cm³/mol. The van der Waals surface area contributed by atoms with Gasteiger partial charge in [0.05, 0.1) is 0 Å². The van der Waals surface area contributed by atoms with Gasteiger partial charge in [-0.25, -0.2) is 9.59 Å². The molecule has 10 heteroatoms. The van der Waals surface area contributed by atoms with Crippen LogP contribution in [0.1, 0.15) is 48.9 Å². The summed E-state index contributed by atoms with van der Waals surface area (Å²) >= 11 is 0. The Kier molecular flexibility index (Phi) is 6.67. The smallest absolute Gasteiger partial charge is 0.310 e. The average molecular weight is 370 g/mol. The van der Waals surface area contributed by atoms with E-state index in [1.807, 2.05) is 4.98 Å². The maximum atomic E-state index is 11.7. The van der Waals surface area contributed by atoms with Crippen molar-refractivity contribution in [3.05, 3.63) is 64.7 Å². The fourth-order valence-electron chi connectivity index (χ4n) is 2.71. The lowest BCUT2D eigenvalue weighted by Gasteiger charge is -2.06. The molecule has 0 fully saturated rings. The highest BCUT2D eigenvalue weighted by Crippen LogP contribution is 2.08. The molecule has 0 bridgehead atoms. The van der Waals surface area contributed by atoms with Crippen molar-refractivity contribution in [2.24, 2.45) is 0 Å². The number of aromatic amines is 3. The van der Waals surface area contributed by atoms with Gasteiger partial charge in [-0.15, -0.1) is 0 Å².